The molecule has 0 atom stereocenters. The van der Waals surface area contributed by atoms with Gasteiger partial charge in [0.2, 0.25) is 0 Å². The zero-order chi connectivity index (χ0) is 23.5. The Kier molecular flexibility index (Phi) is 11.8. The first-order valence-electron chi connectivity index (χ1n) is 6.53. The Hall–Kier alpha value is -0.766. The van der Waals surface area contributed by atoms with E-state index in [2.05, 4.69) is 10.7 Å². The summed E-state index contributed by atoms with van der Waals surface area (Å²) in [6.45, 7) is 0. The van der Waals surface area contributed by atoms with Crippen LogP contribution in [0.25, 0.3) is 0 Å². The van der Waals surface area contributed by atoms with Crippen LogP contribution in [0.4, 0.5) is 47.3 Å². The summed E-state index contributed by atoms with van der Waals surface area (Å²) in [5.41, 5.74) is 0. The van der Waals surface area contributed by atoms with Gasteiger partial charge in [0.05, 0.1) is 4.90 Å². The molecule has 32 heavy (non-hydrogen) atoms. The summed E-state index contributed by atoms with van der Waals surface area (Å²) in [5.74, 6) is 0. The van der Waals surface area contributed by atoms with Crippen molar-refractivity contribution in [1.82, 2.24) is 0 Å². The van der Waals surface area contributed by atoms with E-state index in [1.165, 1.54) is 12.1 Å². The van der Waals surface area contributed by atoms with Crippen LogP contribution in [0.5, 0.6) is 0 Å². The van der Waals surface area contributed by atoms with Gasteiger partial charge in [-0.2, -0.15) is 0 Å². The van der Waals surface area contributed by atoms with Crippen molar-refractivity contribution in [3.8, 4) is 0 Å². The van der Waals surface area contributed by atoms with Crippen LogP contribution >= 0.6 is 30.0 Å². The summed E-state index contributed by atoms with van der Waals surface area (Å²) in [6, 6.07) is 8.54. The monoisotopic (exact) mass is 596 g/mol. The Bertz CT molecular complexity index is 733. The molecule has 0 aliphatic carbocycles. The second-order valence-electron chi connectivity index (χ2n) is 4.99. The summed E-state index contributed by atoms with van der Waals surface area (Å²) in [6.07, 6.45) is 0. The van der Waals surface area contributed by atoms with Gasteiger partial charge in [0.25, 0.3) is 9.05 Å². The fraction of sp³-hybridized carbons (Fsp3) is 0.200. The number of benzene rings is 2. The fourth-order valence-electron chi connectivity index (χ4n) is 1.36. The van der Waals surface area contributed by atoms with Crippen LogP contribution in [0.1, 0.15) is 22.3 Å². The molecule has 0 radical (unpaired) electrons. The normalized spacial score (nSPS) is 15.4. The van der Waals surface area contributed by atoms with Crippen LogP contribution in [0, 0.1) is 0 Å². The molecule has 0 N–H and O–H groups in total. The standard InChI is InChI=1S/C6H5ClF4S.C6H5F5S.3CH4.4FH.Ti/c2*7-12(8,9,10,11)6-4-2-1-3-5-6;;;;;;;;/h2*1-5H;3*1H4;4*1H;/q;;;;;;;;;+4/p-4. The van der Waals surface area contributed by atoms with E-state index in [1.807, 2.05) is 0 Å². The van der Waals surface area contributed by atoms with Crippen molar-refractivity contribution in [2.75, 3.05) is 0 Å². The van der Waals surface area contributed by atoms with Crippen molar-refractivity contribution in [1.29, 1.82) is 0 Å². The third-order valence-electron chi connectivity index (χ3n) is 2.38. The van der Waals surface area contributed by atoms with Crippen molar-refractivity contribution in [3.63, 3.8) is 0 Å². The van der Waals surface area contributed by atoms with E-state index in [0.717, 1.165) is 24.3 Å². The molecule has 0 unspecified atom stereocenters. The van der Waals surface area contributed by atoms with Gasteiger partial charge in [-0.15, -0.1) is 15.5 Å². The SMILES string of the molecule is C.C.C.FS(F)(F)(F)(Cl)c1ccccc1.FS(F)(F)(F)(F)c1ccccc1.[F][Ti]([F])([F])[F]. The van der Waals surface area contributed by atoms with Gasteiger partial charge in [0.15, 0.2) is 0 Å². The van der Waals surface area contributed by atoms with E-state index in [1.54, 1.807) is 0 Å². The van der Waals surface area contributed by atoms with Gasteiger partial charge in [-0.05, 0) is 24.3 Å². The fourth-order valence-corrected chi connectivity index (χ4v) is 3.01. The molecule has 0 spiro atoms. The first-order valence-corrected chi connectivity index (χ1v) is 13.7. The first-order chi connectivity index (χ1) is 12.2. The quantitative estimate of drug-likeness (QED) is 0.239. The summed E-state index contributed by atoms with van der Waals surface area (Å²) >= 11 is -7.00. The molecule has 0 heterocycles. The van der Waals surface area contributed by atoms with Crippen LogP contribution in [-0.2, 0) is 18.7 Å². The number of halogens is 14. The number of hydrogen-bond acceptors (Lipinski definition) is 0. The molecule has 0 nitrogen and oxygen atoms in total. The molecule has 17 heteroatoms. The van der Waals surface area contributed by atoms with E-state index >= 15 is 0 Å². The second kappa shape index (κ2) is 9.84. The molecule has 0 aliphatic heterocycles. The summed E-state index contributed by atoms with van der Waals surface area (Å²) in [7, 11) is -13.9. The summed E-state index contributed by atoms with van der Waals surface area (Å²) in [4.78, 5) is -3.27. The van der Waals surface area contributed by atoms with E-state index in [4.69, 9.17) is 0 Å². The van der Waals surface area contributed by atoms with Crippen molar-refractivity contribution in [3.05, 3.63) is 60.7 Å². The van der Waals surface area contributed by atoms with Crippen molar-refractivity contribution < 1.29 is 66.1 Å². The molecule has 0 saturated carbocycles. The molecule has 0 aliphatic rings. The van der Waals surface area contributed by atoms with Crippen molar-refractivity contribution in [2.24, 2.45) is 0 Å². The maximum absolute atomic E-state index is 12.4. The molecule has 2 aromatic rings. The van der Waals surface area contributed by atoms with E-state index in [0.29, 0.717) is 24.3 Å². The molecule has 0 fully saturated rings. The Balaban J connectivity index is -0.000000189. The number of hydrogen-bond donors (Lipinski definition) is 0. The van der Waals surface area contributed by atoms with Crippen LogP contribution in [0.15, 0.2) is 70.5 Å². The minimum atomic E-state index is -9.43. The molecular weight excluding hydrogens is 575 g/mol. The van der Waals surface area contributed by atoms with Gasteiger partial charge in [0.1, 0.15) is 4.90 Å². The predicted molar refractivity (Wildman–Crippen MR) is 105 cm³/mol. The van der Waals surface area contributed by atoms with E-state index in [9.17, 15) is 47.3 Å². The van der Waals surface area contributed by atoms with Crippen molar-refractivity contribution >= 4 is 30.0 Å². The first kappa shape index (κ1) is 38.5. The average Bonchev–Trinajstić information content (AvgIpc) is 2.43. The minimum absolute atomic E-state index is 0. The topological polar surface area (TPSA) is 0 Å². The van der Waals surface area contributed by atoms with Gasteiger partial charge >= 0.3 is 41.3 Å². The van der Waals surface area contributed by atoms with Gasteiger partial charge in [0, 0.05) is 10.7 Å². The molecule has 0 bridgehead atoms. The van der Waals surface area contributed by atoms with Crippen molar-refractivity contribution in [2.45, 2.75) is 32.1 Å². The Morgan fingerprint density at radius 2 is 0.719 bits per heavy atom. The maximum atomic E-state index is 12.4. The van der Waals surface area contributed by atoms with Gasteiger partial charge in [-0.1, -0.05) is 78.1 Å². The zero-order valence-electron chi connectivity index (χ0n) is 13.4. The van der Waals surface area contributed by atoms with Gasteiger partial charge in [-0.3, -0.25) is 0 Å². The Morgan fingerprint density at radius 1 is 0.500 bits per heavy atom. The van der Waals surface area contributed by atoms with Crippen LogP contribution < -0.4 is 0 Å². The summed E-state index contributed by atoms with van der Waals surface area (Å²) in [5, 5.41) is 0. The van der Waals surface area contributed by atoms with Crippen LogP contribution in [0.3, 0.4) is 0 Å². The molecular formula is C15H22ClF13S2Ti. The molecule has 2 rings (SSSR count). The molecule has 0 aromatic heterocycles. The third kappa shape index (κ3) is 18.8. The summed E-state index contributed by atoms with van der Waals surface area (Å²) < 4.78 is 149. The Labute approximate surface area is 188 Å². The van der Waals surface area contributed by atoms with Crippen LogP contribution in [0.2, 0.25) is 0 Å². The average molecular weight is 597 g/mol. The van der Waals surface area contributed by atoms with E-state index < -0.39 is 47.8 Å². The molecule has 196 valence electrons. The number of rotatable bonds is 2. The second-order valence-corrected chi connectivity index (χ2v) is 13.0. The zero-order valence-corrected chi connectivity index (χ0v) is 17.3. The van der Waals surface area contributed by atoms with Gasteiger partial charge < -0.3 is 0 Å². The van der Waals surface area contributed by atoms with Crippen LogP contribution in [-0.4, -0.2) is 0 Å². The predicted octanol–water partition coefficient (Wildman–Crippen LogP) is 12.5. The van der Waals surface area contributed by atoms with E-state index in [-0.39, 0.29) is 22.3 Å². The third-order valence-corrected chi connectivity index (χ3v) is 5.24. The Morgan fingerprint density at radius 3 is 0.844 bits per heavy atom. The molecule has 0 saturated heterocycles. The van der Waals surface area contributed by atoms with Gasteiger partial charge in [-0.25, -0.2) is 0 Å². The molecule has 2 aromatic carbocycles. The molecule has 0 amide bonds.